The average Bonchev–Trinajstić information content (AvgIpc) is 3.60. The van der Waals surface area contributed by atoms with Gasteiger partial charge in [0.15, 0.2) is 6.61 Å². The number of rotatable bonds is 6. The van der Waals surface area contributed by atoms with Gasteiger partial charge in [0, 0.05) is 17.0 Å². The van der Waals surface area contributed by atoms with Crippen LogP contribution in [0.3, 0.4) is 0 Å². The van der Waals surface area contributed by atoms with E-state index in [1.54, 1.807) is 43.5 Å². The minimum Gasteiger partial charge on any atom is -0.497 e. The summed E-state index contributed by atoms with van der Waals surface area (Å²) in [6.45, 7) is -0.564. The Morgan fingerprint density at radius 3 is 2.52 bits per heavy atom. The molecule has 8 nitrogen and oxygen atoms in total. The van der Waals surface area contributed by atoms with Gasteiger partial charge in [-0.1, -0.05) is 18.2 Å². The number of aromatic nitrogens is 1. The highest BCUT2D eigenvalue weighted by Gasteiger charge is 2.24. The zero-order chi connectivity index (χ0) is 21.8. The Morgan fingerprint density at radius 2 is 1.81 bits per heavy atom. The lowest BCUT2D eigenvalue weighted by Crippen LogP contribution is -2.42. The summed E-state index contributed by atoms with van der Waals surface area (Å²) in [6, 6.07) is 15.7. The number of hydrogen-bond donors (Lipinski definition) is 2. The molecule has 1 saturated carbocycles. The first kappa shape index (κ1) is 20.3. The number of para-hydroxylation sites is 1. The van der Waals surface area contributed by atoms with E-state index < -0.39 is 24.5 Å². The molecule has 158 valence electrons. The fourth-order valence-corrected chi connectivity index (χ4v) is 3.07. The van der Waals surface area contributed by atoms with Crippen LogP contribution in [-0.2, 0) is 9.53 Å². The van der Waals surface area contributed by atoms with E-state index in [0.29, 0.717) is 22.3 Å². The number of carbonyl (C=O) groups excluding carboxylic acids is 3. The third-order valence-corrected chi connectivity index (χ3v) is 4.82. The molecule has 3 amide bonds. The van der Waals surface area contributed by atoms with Crippen molar-refractivity contribution in [3.63, 3.8) is 0 Å². The highest BCUT2D eigenvalue weighted by atomic mass is 16.5. The molecule has 1 aromatic heterocycles. The summed E-state index contributed by atoms with van der Waals surface area (Å²) in [5.74, 6) is -0.660. The largest absolute Gasteiger partial charge is 0.497 e. The average molecular weight is 419 g/mol. The second-order valence-corrected chi connectivity index (χ2v) is 7.17. The Morgan fingerprint density at radius 1 is 1.06 bits per heavy atom. The number of imide groups is 1. The highest BCUT2D eigenvalue weighted by molar-refractivity contribution is 6.05. The van der Waals surface area contributed by atoms with Gasteiger partial charge in [0.1, 0.15) is 5.75 Å². The van der Waals surface area contributed by atoms with Crippen LogP contribution >= 0.6 is 0 Å². The molecule has 0 bridgehead atoms. The maximum Gasteiger partial charge on any atom is 0.339 e. The van der Waals surface area contributed by atoms with Crippen molar-refractivity contribution < 1.29 is 23.9 Å². The van der Waals surface area contributed by atoms with Crippen molar-refractivity contribution in [1.82, 2.24) is 15.6 Å². The molecular formula is C23H21N3O5. The number of hydrogen-bond acceptors (Lipinski definition) is 6. The van der Waals surface area contributed by atoms with E-state index in [1.807, 2.05) is 18.2 Å². The SMILES string of the molecule is COc1ccc(-c2cc(C(=O)OCC(=O)NC(=O)NC3CC3)c3ccccc3n2)cc1. The van der Waals surface area contributed by atoms with Gasteiger partial charge in [0.2, 0.25) is 0 Å². The van der Waals surface area contributed by atoms with Gasteiger partial charge in [-0.15, -0.1) is 0 Å². The van der Waals surface area contributed by atoms with Crippen molar-refractivity contribution >= 4 is 28.8 Å². The van der Waals surface area contributed by atoms with E-state index in [4.69, 9.17) is 9.47 Å². The number of nitrogens with one attached hydrogen (secondary N) is 2. The molecule has 2 aromatic carbocycles. The predicted octanol–water partition coefficient (Wildman–Crippen LogP) is 3.06. The Hall–Kier alpha value is -3.94. The van der Waals surface area contributed by atoms with Crippen molar-refractivity contribution in [3.8, 4) is 17.0 Å². The molecule has 1 aliphatic rings. The van der Waals surface area contributed by atoms with Crippen LogP contribution in [0.15, 0.2) is 54.6 Å². The molecule has 0 unspecified atom stereocenters. The maximum absolute atomic E-state index is 12.8. The number of methoxy groups -OCH3 is 1. The number of fused-ring (bicyclic) bond motifs is 1. The van der Waals surface area contributed by atoms with Crippen LogP contribution in [0.25, 0.3) is 22.2 Å². The molecule has 0 spiro atoms. The minimum atomic E-state index is -0.694. The molecular weight excluding hydrogens is 398 g/mol. The fraction of sp³-hybridized carbons (Fsp3) is 0.217. The van der Waals surface area contributed by atoms with E-state index in [-0.39, 0.29) is 11.6 Å². The Labute approximate surface area is 178 Å². The van der Waals surface area contributed by atoms with Crippen molar-refractivity contribution in [2.75, 3.05) is 13.7 Å². The van der Waals surface area contributed by atoms with Crippen LogP contribution in [-0.4, -0.2) is 42.7 Å². The summed E-state index contributed by atoms with van der Waals surface area (Å²) in [7, 11) is 1.59. The Bertz CT molecular complexity index is 1140. The van der Waals surface area contributed by atoms with Crippen LogP contribution in [0.5, 0.6) is 5.75 Å². The van der Waals surface area contributed by atoms with E-state index in [1.165, 1.54) is 0 Å². The molecule has 1 fully saturated rings. The van der Waals surface area contributed by atoms with Crippen LogP contribution in [0.2, 0.25) is 0 Å². The number of amides is 3. The molecule has 1 aliphatic carbocycles. The van der Waals surface area contributed by atoms with Crippen molar-refractivity contribution in [1.29, 1.82) is 0 Å². The van der Waals surface area contributed by atoms with E-state index in [2.05, 4.69) is 15.6 Å². The summed E-state index contributed by atoms with van der Waals surface area (Å²) in [5.41, 5.74) is 2.29. The monoisotopic (exact) mass is 419 g/mol. The molecule has 0 saturated heterocycles. The van der Waals surface area contributed by atoms with Gasteiger partial charge in [-0.2, -0.15) is 0 Å². The van der Waals surface area contributed by atoms with Crippen molar-refractivity contribution in [3.05, 3.63) is 60.2 Å². The van der Waals surface area contributed by atoms with Gasteiger partial charge in [-0.25, -0.2) is 14.6 Å². The van der Waals surface area contributed by atoms with Crippen molar-refractivity contribution in [2.45, 2.75) is 18.9 Å². The third-order valence-electron chi connectivity index (χ3n) is 4.82. The number of carbonyl (C=O) groups is 3. The summed E-state index contributed by atoms with van der Waals surface area (Å²) in [5, 5.41) is 5.39. The first-order valence-electron chi connectivity index (χ1n) is 9.85. The minimum absolute atomic E-state index is 0.120. The van der Waals surface area contributed by atoms with Crippen LogP contribution in [0.4, 0.5) is 4.79 Å². The number of pyridine rings is 1. The van der Waals surface area contributed by atoms with Gasteiger partial charge < -0.3 is 14.8 Å². The molecule has 8 heteroatoms. The zero-order valence-electron chi connectivity index (χ0n) is 16.9. The van der Waals surface area contributed by atoms with Gasteiger partial charge >= 0.3 is 12.0 Å². The van der Waals surface area contributed by atoms with Crippen LogP contribution in [0.1, 0.15) is 23.2 Å². The normalized spacial score (nSPS) is 12.8. The Balaban J connectivity index is 1.52. The smallest absolute Gasteiger partial charge is 0.339 e. The molecule has 4 rings (SSSR count). The molecule has 0 radical (unpaired) electrons. The number of nitrogens with zero attached hydrogens (tertiary/aromatic N) is 1. The molecule has 3 aromatic rings. The fourth-order valence-electron chi connectivity index (χ4n) is 3.07. The summed E-state index contributed by atoms with van der Waals surface area (Å²) in [4.78, 5) is 41.0. The summed E-state index contributed by atoms with van der Waals surface area (Å²) < 4.78 is 10.4. The van der Waals surface area contributed by atoms with Crippen LogP contribution in [0, 0.1) is 0 Å². The lowest BCUT2D eigenvalue weighted by molar-refractivity contribution is -0.123. The van der Waals surface area contributed by atoms with Crippen LogP contribution < -0.4 is 15.4 Å². The van der Waals surface area contributed by atoms with Gasteiger partial charge in [-0.05, 0) is 49.2 Å². The highest BCUT2D eigenvalue weighted by Crippen LogP contribution is 2.26. The summed E-state index contributed by atoms with van der Waals surface area (Å²) >= 11 is 0. The lowest BCUT2D eigenvalue weighted by atomic mass is 10.0. The molecule has 0 aliphatic heterocycles. The molecule has 31 heavy (non-hydrogen) atoms. The van der Waals surface area contributed by atoms with Gasteiger partial charge in [0.05, 0.1) is 23.9 Å². The standard InChI is InChI=1S/C23H21N3O5/c1-30-16-10-6-14(7-11-16)20-12-18(17-4-2-3-5-19(17)25-20)22(28)31-13-21(27)26-23(29)24-15-8-9-15/h2-7,10-12,15H,8-9,13H2,1H3,(H2,24,26,27,29). The van der Waals surface area contributed by atoms with E-state index in [9.17, 15) is 14.4 Å². The zero-order valence-corrected chi connectivity index (χ0v) is 16.9. The third kappa shape index (κ3) is 4.98. The first-order chi connectivity index (χ1) is 15.0. The molecule has 1 heterocycles. The van der Waals surface area contributed by atoms with Gasteiger partial charge in [-0.3, -0.25) is 10.1 Å². The first-order valence-corrected chi connectivity index (χ1v) is 9.85. The number of urea groups is 1. The second kappa shape index (κ2) is 8.83. The maximum atomic E-state index is 12.8. The van der Waals surface area contributed by atoms with E-state index >= 15 is 0 Å². The lowest BCUT2D eigenvalue weighted by Gasteiger charge is -2.11. The number of esters is 1. The quantitative estimate of drug-likeness (QED) is 0.595. The predicted molar refractivity (Wildman–Crippen MR) is 114 cm³/mol. The topological polar surface area (TPSA) is 107 Å². The van der Waals surface area contributed by atoms with Gasteiger partial charge in [0.25, 0.3) is 5.91 Å². The number of benzene rings is 2. The molecule has 2 N–H and O–H groups in total. The van der Waals surface area contributed by atoms with Crippen molar-refractivity contribution in [2.24, 2.45) is 0 Å². The molecule has 0 atom stereocenters. The Kier molecular flexibility index (Phi) is 5.79. The second-order valence-electron chi connectivity index (χ2n) is 7.17. The number of ether oxygens (including phenoxy) is 2. The van der Waals surface area contributed by atoms with E-state index in [0.717, 1.165) is 18.4 Å². The summed E-state index contributed by atoms with van der Waals surface area (Å²) in [6.07, 6.45) is 1.81.